The summed E-state index contributed by atoms with van der Waals surface area (Å²) in [6.07, 6.45) is 8.74. The van der Waals surface area contributed by atoms with Crippen molar-refractivity contribution in [3.8, 4) is 0 Å². The Morgan fingerprint density at radius 3 is 2.04 bits per heavy atom. The highest BCUT2D eigenvalue weighted by molar-refractivity contribution is 5.69. The third-order valence-corrected chi connectivity index (χ3v) is 5.48. The van der Waals surface area contributed by atoms with E-state index in [-0.39, 0.29) is 33.8 Å². The Labute approximate surface area is 161 Å². The highest BCUT2D eigenvalue weighted by Gasteiger charge is 2.38. The van der Waals surface area contributed by atoms with Crippen LogP contribution < -0.4 is 16.0 Å². The fraction of sp³-hybridized carbons (Fsp3) is 0.789. The zero-order valence-corrected chi connectivity index (χ0v) is 16.8. The zero-order chi connectivity index (χ0) is 19.7. The molecule has 150 valence electrons. The van der Waals surface area contributed by atoms with Gasteiger partial charge < -0.3 is 16.0 Å². The molecule has 1 aliphatic heterocycles. The second-order valence-corrected chi connectivity index (χ2v) is 9.30. The average Bonchev–Trinajstić information content (AvgIpc) is 2.52. The predicted molar refractivity (Wildman–Crippen MR) is 107 cm³/mol. The summed E-state index contributed by atoms with van der Waals surface area (Å²) in [5.41, 5.74) is -0.147. The number of hydrogen-bond acceptors (Lipinski definition) is 7. The van der Waals surface area contributed by atoms with Crippen LogP contribution >= 0.6 is 0 Å². The zero-order valence-electron chi connectivity index (χ0n) is 16.8. The first-order valence-electron chi connectivity index (χ1n) is 9.97. The molecule has 27 heavy (non-hydrogen) atoms. The van der Waals surface area contributed by atoms with E-state index in [1.165, 1.54) is 12.7 Å². The number of piperidine rings is 1. The highest BCUT2D eigenvalue weighted by atomic mass is 16.6. The Hall–Kier alpha value is -1.96. The summed E-state index contributed by atoms with van der Waals surface area (Å²) in [4.78, 5) is 19.9. The number of rotatable bonds is 5. The minimum absolute atomic E-state index is 0.0442. The number of hydrogen-bond donors (Lipinski definition) is 3. The predicted octanol–water partition coefficient (Wildman–Crippen LogP) is 3.85. The standard InChI is InChI=1S/C19H32N6O2/c1-18(2)10-14(11-19(3,4)24-18)23-17-15(25(26)27)16(20-12-21-17)22-13-8-6-5-7-9-13/h12-14,24H,5-11H2,1-4H3,(H2,20,21,22,23). The van der Waals surface area contributed by atoms with Crippen LogP contribution in [0.2, 0.25) is 0 Å². The van der Waals surface area contributed by atoms with Crippen LogP contribution in [0.5, 0.6) is 0 Å². The van der Waals surface area contributed by atoms with Crippen molar-refractivity contribution in [3.05, 3.63) is 16.4 Å². The molecule has 1 aliphatic carbocycles. The van der Waals surface area contributed by atoms with Gasteiger partial charge in [0.05, 0.1) is 4.92 Å². The molecule has 0 radical (unpaired) electrons. The van der Waals surface area contributed by atoms with E-state index in [1.807, 2.05) is 0 Å². The lowest BCUT2D eigenvalue weighted by atomic mass is 9.79. The number of nitro groups is 1. The molecule has 0 spiro atoms. The van der Waals surface area contributed by atoms with Crippen LogP contribution in [0.15, 0.2) is 6.33 Å². The summed E-state index contributed by atoms with van der Waals surface area (Å²) in [6, 6.07) is 0.351. The monoisotopic (exact) mass is 376 g/mol. The van der Waals surface area contributed by atoms with Crippen molar-refractivity contribution in [1.29, 1.82) is 0 Å². The van der Waals surface area contributed by atoms with Gasteiger partial charge in [-0.15, -0.1) is 0 Å². The lowest BCUT2D eigenvalue weighted by Gasteiger charge is -2.46. The summed E-state index contributed by atoms with van der Waals surface area (Å²) in [7, 11) is 0. The van der Waals surface area contributed by atoms with E-state index in [4.69, 9.17) is 0 Å². The molecular weight excluding hydrogens is 344 g/mol. The normalized spacial score (nSPS) is 23.0. The molecular formula is C19H32N6O2. The van der Waals surface area contributed by atoms with Gasteiger partial charge in [-0.3, -0.25) is 10.1 Å². The molecule has 2 fully saturated rings. The first-order valence-corrected chi connectivity index (χ1v) is 9.97. The Kier molecular flexibility index (Phi) is 5.55. The summed E-state index contributed by atoms with van der Waals surface area (Å²) in [5, 5.41) is 22.1. The van der Waals surface area contributed by atoms with Gasteiger partial charge in [0.15, 0.2) is 0 Å². The first kappa shape index (κ1) is 19.8. The van der Waals surface area contributed by atoms with Gasteiger partial charge in [0.1, 0.15) is 6.33 Å². The van der Waals surface area contributed by atoms with Gasteiger partial charge in [0.25, 0.3) is 0 Å². The van der Waals surface area contributed by atoms with Crippen molar-refractivity contribution < 1.29 is 4.92 Å². The van der Waals surface area contributed by atoms with Gasteiger partial charge in [-0.1, -0.05) is 19.3 Å². The van der Waals surface area contributed by atoms with E-state index in [9.17, 15) is 10.1 Å². The molecule has 3 rings (SSSR count). The molecule has 0 atom stereocenters. The van der Waals surface area contributed by atoms with Crippen molar-refractivity contribution in [2.45, 2.75) is 95.8 Å². The Balaban J connectivity index is 1.82. The van der Waals surface area contributed by atoms with Crippen LogP contribution in [0, 0.1) is 10.1 Å². The van der Waals surface area contributed by atoms with Crippen molar-refractivity contribution in [3.63, 3.8) is 0 Å². The summed E-state index contributed by atoms with van der Waals surface area (Å²) < 4.78 is 0. The number of nitrogens with zero attached hydrogens (tertiary/aromatic N) is 3. The maximum Gasteiger partial charge on any atom is 0.353 e. The molecule has 8 heteroatoms. The van der Waals surface area contributed by atoms with E-state index in [0.29, 0.717) is 11.6 Å². The molecule has 0 aromatic carbocycles. The van der Waals surface area contributed by atoms with Gasteiger partial charge in [-0.05, 0) is 53.4 Å². The Morgan fingerprint density at radius 1 is 1.00 bits per heavy atom. The molecule has 1 aromatic rings. The lowest BCUT2D eigenvalue weighted by Crippen LogP contribution is -2.60. The Morgan fingerprint density at radius 2 is 1.52 bits per heavy atom. The smallest absolute Gasteiger partial charge is 0.353 e. The number of aromatic nitrogens is 2. The minimum atomic E-state index is -0.370. The van der Waals surface area contributed by atoms with Gasteiger partial charge >= 0.3 is 5.69 Å². The van der Waals surface area contributed by atoms with E-state index in [1.54, 1.807) is 0 Å². The SMILES string of the molecule is CC1(C)CC(Nc2ncnc(NC3CCCCC3)c2[N+](=O)[O-])CC(C)(C)N1. The highest BCUT2D eigenvalue weighted by Crippen LogP contribution is 2.35. The molecule has 2 aliphatic rings. The van der Waals surface area contributed by atoms with Crippen LogP contribution in [0.4, 0.5) is 17.3 Å². The largest absolute Gasteiger partial charge is 0.361 e. The van der Waals surface area contributed by atoms with Gasteiger partial charge in [0.2, 0.25) is 11.6 Å². The lowest BCUT2D eigenvalue weighted by molar-refractivity contribution is -0.383. The van der Waals surface area contributed by atoms with Crippen molar-refractivity contribution >= 4 is 17.3 Å². The van der Waals surface area contributed by atoms with Gasteiger partial charge in [-0.25, -0.2) is 9.97 Å². The van der Waals surface area contributed by atoms with Gasteiger partial charge in [-0.2, -0.15) is 0 Å². The summed E-state index contributed by atoms with van der Waals surface area (Å²) in [5.74, 6) is 0.642. The van der Waals surface area contributed by atoms with Gasteiger partial charge in [0, 0.05) is 23.2 Å². The van der Waals surface area contributed by atoms with Crippen LogP contribution in [0.1, 0.15) is 72.6 Å². The molecule has 0 unspecified atom stereocenters. The maximum atomic E-state index is 11.8. The van der Waals surface area contributed by atoms with E-state index in [0.717, 1.165) is 38.5 Å². The summed E-state index contributed by atoms with van der Waals surface area (Å²) in [6.45, 7) is 8.64. The van der Waals surface area contributed by atoms with Crippen LogP contribution in [-0.4, -0.2) is 38.1 Å². The van der Waals surface area contributed by atoms with E-state index in [2.05, 4.69) is 53.6 Å². The molecule has 0 amide bonds. The van der Waals surface area contributed by atoms with Crippen molar-refractivity contribution in [1.82, 2.24) is 15.3 Å². The second-order valence-electron chi connectivity index (χ2n) is 9.30. The quantitative estimate of drug-likeness (QED) is 0.529. The molecule has 1 saturated carbocycles. The molecule has 8 nitrogen and oxygen atoms in total. The molecule has 2 heterocycles. The van der Waals surface area contributed by atoms with E-state index < -0.39 is 0 Å². The van der Waals surface area contributed by atoms with Crippen LogP contribution in [-0.2, 0) is 0 Å². The fourth-order valence-corrected chi connectivity index (χ4v) is 4.82. The fourth-order valence-electron chi connectivity index (χ4n) is 4.82. The Bertz CT molecular complexity index is 669. The van der Waals surface area contributed by atoms with E-state index >= 15 is 0 Å². The third-order valence-electron chi connectivity index (χ3n) is 5.48. The van der Waals surface area contributed by atoms with Crippen LogP contribution in [0.25, 0.3) is 0 Å². The van der Waals surface area contributed by atoms with Crippen LogP contribution in [0.3, 0.4) is 0 Å². The topological polar surface area (TPSA) is 105 Å². The minimum Gasteiger partial charge on any atom is -0.361 e. The molecule has 1 saturated heterocycles. The first-order chi connectivity index (χ1) is 12.7. The summed E-state index contributed by atoms with van der Waals surface area (Å²) >= 11 is 0. The van der Waals surface area contributed by atoms with Crippen molar-refractivity contribution in [2.24, 2.45) is 0 Å². The third kappa shape index (κ3) is 5.06. The number of nitrogens with one attached hydrogen (secondary N) is 3. The number of anilines is 2. The van der Waals surface area contributed by atoms with Crippen molar-refractivity contribution in [2.75, 3.05) is 10.6 Å². The average molecular weight is 377 g/mol. The molecule has 3 N–H and O–H groups in total. The maximum absolute atomic E-state index is 11.8. The molecule has 0 bridgehead atoms. The molecule has 1 aromatic heterocycles. The second kappa shape index (κ2) is 7.58.